The third kappa shape index (κ3) is 4.47. The van der Waals surface area contributed by atoms with E-state index in [0.29, 0.717) is 6.47 Å². The third-order valence-electron chi connectivity index (χ3n) is 2.41. The molecule has 0 spiro atoms. The lowest BCUT2D eigenvalue weighted by atomic mass is 10.1. The maximum absolute atomic E-state index is 9.60. The van der Waals surface area contributed by atoms with Crippen molar-refractivity contribution in [1.82, 2.24) is 0 Å². The Bertz CT molecular complexity index is 314. The van der Waals surface area contributed by atoms with Crippen LogP contribution in [-0.2, 0) is 22.4 Å². The molecule has 2 nitrogen and oxygen atoms in total. The van der Waals surface area contributed by atoms with Crippen LogP contribution in [0.1, 0.15) is 38.3 Å². The van der Waals surface area contributed by atoms with Gasteiger partial charge in [0.25, 0.3) is 6.47 Å². The van der Waals surface area contributed by atoms with Crippen LogP contribution in [0.25, 0.3) is 0 Å². The molecule has 0 amide bonds. The highest BCUT2D eigenvalue weighted by atomic mass is 16.5. The fourth-order valence-corrected chi connectivity index (χ4v) is 1.66. The smallest absolute Gasteiger partial charge is 0.293 e. The zero-order valence-corrected chi connectivity index (χ0v) is 10.3. The Hall–Kier alpha value is -1.31. The molecule has 0 aromatic heterocycles. The Labute approximate surface area is 97.6 Å². The number of hydrogen-bond acceptors (Lipinski definition) is 2. The van der Waals surface area contributed by atoms with Crippen molar-refractivity contribution in [3.05, 3.63) is 35.4 Å². The largest absolute Gasteiger partial charge is 0.462 e. The van der Waals surface area contributed by atoms with Crippen LogP contribution in [0.5, 0.6) is 0 Å². The summed E-state index contributed by atoms with van der Waals surface area (Å²) in [5, 5.41) is 0. The lowest BCUT2D eigenvalue weighted by Crippen LogP contribution is -2.17. The van der Waals surface area contributed by atoms with Crippen LogP contribution in [-0.4, -0.2) is 12.1 Å². The number of ether oxygens (including phenoxy) is 1. The molecule has 88 valence electrons. The van der Waals surface area contributed by atoms with Gasteiger partial charge in [-0.3, -0.25) is 4.79 Å². The average molecular weight is 220 g/mol. The first-order chi connectivity index (χ1) is 7.53. The van der Waals surface area contributed by atoms with Gasteiger partial charge < -0.3 is 4.74 Å². The van der Waals surface area contributed by atoms with Gasteiger partial charge in [0.1, 0.15) is 5.60 Å². The second-order valence-electron chi connectivity index (χ2n) is 4.95. The molecule has 1 aliphatic rings. The first-order valence-electron chi connectivity index (χ1n) is 5.71. The van der Waals surface area contributed by atoms with E-state index in [1.54, 1.807) is 11.1 Å². The second-order valence-corrected chi connectivity index (χ2v) is 4.95. The normalized spacial score (nSPS) is 13.4. The van der Waals surface area contributed by atoms with E-state index in [-0.39, 0.29) is 5.60 Å². The molecule has 1 aromatic carbocycles. The molecule has 0 saturated carbocycles. The third-order valence-corrected chi connectivity index (χ3v) is 2.41. The number of hydrogen-bond donors (Lipinski definition) is 0. The van der Waals surface area contributed by atoms with Crippen LogP contribution in [0, 0.1) is 0 Å². The zero-order chi connectivity index (χ0) is 12.0. The van der Waals surface area contributed by atoms with E-state index in [1.807, 2.05) is 20.8 Å². The molecule has 2 heteroatoms. The first kappa shape index (κ1) is 12.8. The molecule has 0 N–H and O–H groups in total. The Morgan fingerprint density at radius 3 is 1.94 bits per heavy atom. The standard InChI is InChI=1S/C9H10.C5H10O2/c1-2-5-9-7-3-6-8(9)4-1;1-5(2,3)7-4-6/h1-2,4-5H,3,6-7H2;4H,1-3H3. The highest BCUT2D eigenvalue weighted by Gasteiger charge is 2.07. The zero-order valence-electron chi connectivity index (χ0n) is 10.3. The van der Waals surface area contributed by atoms with Gasteiger partial charge in [-0.15, -0.1) is 0 Å². The van der Waals surface area contributed by atoms with Gasteiger partial charge in [0.15, 0.2) is 0 Å². The number of carbonyl (C=O) groups excluding carboxylic acids is 1. The number of benzene rings is 1. The van der Waals surface area contributed by atoms with E-state index in [9.17, 15) is 4.79 Å². The monoisotopic (exact) mass is 220 g/mol. The van der Waals surface area contributed by atoms with Crippen LogP contribution in [0.4, 0.5) is 0 Å². The first-order valence-corrected chi connectivity index (χ1v) is 5.71. The van der Waals surface area contributed by atoms with E-state index in [4.69, 9.17) is 0 Å². The van der Waals surface area contributed by atoms with Gasteiger partial charge in [-0.2, -0.15) is 0 Å². The van der Waals surface area contributed by atoms with Gasteiger partial charge >= 0.3 is 0 Å². The molecule has 0 saturated heterocycles. The molecule has 0 aliphatic heterocycles. The molecular weight excluding hydrogens is 200 g/mol. The maximum Gasteiger partial charge on any atom is 0.293 e. The number of fused-ring (bicyclic) bond motifs is 1. The Morgan fingerprint density at radius 1 is 1.12 bits per heavy atom. The number of aryl methyl sites for hydroxylation is 2. The topological polar surface area (TPSA) is 26.3 Å². The molecule has 1 aliphatic carbocycles. The highest BCUT2D eigenvalue weighted by molar-refractivity contribution is 5.37. The minimum absolute atomic E-state index is 0.318. The van der Waals surface area contributed by atoms with E-state index in [0.717, 1.165) is 0 Å². The summed E-state index contributed by atoms with van der Waals surface area (Å²) in [7, 11) is 0. The van der Waals surface area contributed by atoms with Crippen molar-refractivity contribution in [2.24, 2.45) is 0 Å². The molecule has 0 fully saturated rings. The molecular formula is C14H20O2. The number of rotatable bonds is 1. The van der Waals surface area contributed by atoms with E-state index < -0.39 is 0 Å². The summed E-state index contributed by atoms with van der Waals surface area (Å²) in [6, 6.07) is 8.74. The molecule has 1 aromatic rings. The number of carbonyl (C=O) groups is 1. The maximum atomic E-state index is 9.60. The Morgan fingerprint density at radius 2 is 1.62 bits per heavy atom. The van der Waals surface area contributed by atoms with Gasteiger partial charge in [-0.05, 0) is 51.2 Å². The summed E-state index contributed by atoms with van der Waals surface area (Å²) in [6.07, 6.45) is 3.96. The summed E-state index contributed by atoms with van der Waals surface area (Å²) in [4.78, 5) is 9.60. The van der Waals surface area contributed by atoms with Gasteiger partial charge in [-0.25, -0.2) is 0 Å². The quantitative estimate of drug-likeness (QED) is 0.680. The van der Waals surface area contributed by atoms with Gasteiger partial charge in [0.2, 0.25) is 0 Å². The van der Waals surface area contributed by atoms with E-state index in [1.165, 1.54) is 19.3 Å². The minimum atomic E-state index is -0.318. The SMILES string of the molecule is CC(C)(C)OC=O.c1ccc2c(c1)CCC2. The lowest BCUT2D eigenvalue weighted by molar-refractivity contribution is -0.138. The van der Waals surface area contributed by atoms with Crippen molar-refractivity contribution in [2.45, 2.75) is 45.6 Å². The van der Waals surface area contributed by atoms with Crippen molar-refractivity contribution in [3.8, 4) is 0 Å². The molecule has 0 radical (unpaired) electrons. The summed E-state index contributed by atoms with van der Waals surface area (Å²) in [5.41, 5.74) is 2.82. The van der Waals surface area contributed by atoms with E-state index in [2.05, 4.69) is 29.0 Å². The van der Waals surface area contributed by atoms with Crippen LogP contribution in [0.2, 0.25) is 0 Å². The predicted octanol–water partition coefficient (Wildman–Crippen LogP) is 3.13. The van der Waals surface area contributed by atoms with Crippen LogP contribution in [0.3, 0.4) is 0 Å². The average Bonchev–Trinajstić information content (AvgIpc) is 2.64. The fraction of sp³-hybridized carbons (Fsp3) is 0.500. The summed E-state index contributed by atoms with van der Waals surface area (Å²) in [5.74, 6) is 0. The summed E-state index contributed by atoms with van der Waals surface area (Å²) >= 11 is 0. The van der Waals surface area contributed by atoms with Gasteiger partial charge in [0.05, 0.1) is 0 Å². The molecule has 0 bridgehead atoms. The van der Waals surface area contributed by atoms with Gasteiger partial charge in [-0.1, -0.05) is 24.3 Å². The summed E-state index contributed by atoms with van der Waals surface area (Å²) < 4.78 is 4.55. The van der Waals surface area contributed by atoms with E-state index >= 15 is 0 Å². The van der Waals surface area contributed by atoms with Crippen molar-refractivity contribution < 1.29 is 9.53 Å². The second kappa shape index (κ2) is 5.69. The van der Waals surface area contributed by atoms with Crippen LogP contribution >= 0.6 is 0 Å². The fourth-order valence-electron chi connectivity index (χ4n) is 1.66. The molecule has 0 unspecified atom stereocenters. The van der Waals surface area contributed by atoms with Crippen molar-refractivity contribution in [3.63, 3.8) is 0 Å². The minimum Gasteiger partial charge on any atom is -0.462 e. The lowest BCUT2D eigenvalue weighted by Gasteiger charge is -2.14. The molecule has 16 heavy (non-hydrogen) atoms. The van der Waals surface area contributed by atoms with Gasteiger partial charge in [0, 0.05) is 0 Å². The predicted molar refractivity (Wildman–Crippen MR) is 65.4 cm³/mol. The molecule has 2 rings (SSSR count). The Balaban J connectivity index is 0.000000168. The Kier molecular flexibility index (Phi) is 4.53. The van der Waals surface area contributed by atoms with Crippen molar-refractivity contribution in [2.75, 3.05) is 0 Å². The summed E-state index contributed by atoms with van der Waals surface area (Å²) in [6.45, 7) is 5.92. The molecule has 0 atom stereocenters. The van der Waals surface area contributed by atoms with Crippen molar-refractivity contribution >= 4 is 6.47 Å². The van der Waals surface area contributed by atoms with Crippen LogP contribution in [0.15, 0.2) is 24.3 Å². The molecule has 0 heterocycles. The van der Waals surface area contributed by atoms with Crippen molar-refractivity contribution in [1.29, 1.82) is 0 Å². The highest BCUT2D eigenvalue weighted by Crippen LogP contribution is 2.20. The van der Waals surface area contributed by atoms with Crippen LogP contribution < -0.4 is 0 Å².